The maximum absolute atomic E-state index is 10.3. The lowest BCUT2D eigenvalue weighted by atomic mass is 9.80. The second kappa shape index (κ2) is 3.22. The van der Waals surface area contributed by atoms with E-state index in [0.29, 0.717) is 5.92 Å². The van der Waals surface area contributed by atoms with Gasteiger partial charge in [-0.05, 0) is 24.5 Å². The van der Waals surface area contributed by atoms with Crippen LogP contribution in [0, 0.1) is 5.92 Å². The van der Waals surface area contributed by atoms with Crippen molar-refractivity contribution in [2.24, 2.45) is 5.92 Å². The van der Waals surface area contributed by atoms with Crippen LogP contribution in [-0.2, 0) is 0 Å². The average Bonchev–Trinajstić information content (AvgIpc) is 1.83. The van der Waals surface area contributed by atoms with Gasteiger partial charge in [0.2, 0.25) is 0 Å². The fourth-order valence-corrected chi connectivity index (χ4v) is 3.23. The van der Waals surface area contributed by atoms with Crippen molar-refractivity contribution in [2.75, 3.05) is 5.75 Å². The molecule has 1 aliphatic heterocycles. The van der Waals surface area contributed by atoms with Crippen LogP contribution < -0.4 is 0 Å². The van der Waals surface area contributed by atoms with Crippen molar-refractivity contribution in [3.8, 4) is 0 Å². The Morgan fingerprint density at radius 3 is 2.25 bits per heavy atom. The lowest BCUT2D eigenvalue weighted by molar-refractivity contribution is -0.0252. The van der Waals surface area contributed by atoms with Crippen LogP contribution in [-0.4, -0.2) is 21.2 Å². The van der Waals surface area contributed by atoms with Crippen molar-refractivity contribution in [2.45, 2.75) is 50.9 Å². The molecule has 0 radical (unpaired) electrons. The van der Waals surface area contributed by atoms with E-state index in [1.165, 1.54) is 0 Å². The highest BCUT2D eigenvalue weighted by molar-refractivity contribution is 8.00. The third-order valence-corrected chi connectivity index (χ3v) is 4.17. The molecule has 0 saturated carbocycles. The number of hydrogen-bond donors (Lipinski definition) is 1. The molecule has 1 rings (SSSR count). The zero-order chi connectivity index (χ0) is 9.41. The summed E-state index contributed by atoms with van der Waals surface area (Å²) in [6, 6.07) is 0. The van der Waals surface area contributed by atoms with Gasteiger partial charge >= 0.3 is 0 Å². The molecule has 0 amide bonds. The minimum Gasteiger partial charge on any atom is -0.390 e. The Kier molecular flexibility index (Phi) is 2.79. The Morgan fingerprint density at radius 1 is 1.33 bits per heavy atom. The van der Waals surface area contributed by atoms with Crippen molar-refractivity contribution < 1.29 is 5.11 Å². The first-order valence-corrected chi connectivity index (χ1v) is 5.71. The molecule has 0 aromatic carbocycles. The molecular weight excluding hydrogens is 168 g/mol. The van der Waals surface area contributed by atoms with Crippen molar-refractivity contribution >= 4 is 11.8 Å². The van der Waals surface area contributed by atoms with Crippen LogP contribution >= 0.6 is 11.8 Å². The smallest absolute Gasteiger partial charge is 0.0691 e. The summed E-state index contributed by atoms with van der Waals surface area (Å²) in [6.07, 6.45) is 1.89. The van der Waals surface area contributed by atoms with Crippen LogP contribution in [0.3, 0.4) is 0 Å². The monoisotopic (exact) mass is 188 g/mol. The molecule has 1 aliphatic rings. The lowest BCUT2D eigenvalue weighted by Crippen LogP contribution is -2.45. The molecular formula is C10H20OS. The van der Waals surface area contributed by atoms with Crippen molar-refractivity contribution in [1.29, 1.82) is 0 Å². The highest BCUT2D eigenvalue weighted by Gasteiger charge is 2.40. The molecule has 0 aliphatic carbocycles. The van der Waals surface area contributed by atoms with Crippen LogP contribution in [0.15, 0.2) is 0 Å². The summed E-state index contributed by atoms with van der Waals surface area (Å²) in [5, 5.41) is 10.3. The maximum atomic E-state index is 10.3. The van der Waals surface area contributed by atoms with E-state index in [4.69, 9.17) is 0 Å². The predicted molar refractivity (Wildman–Crippen MR) is 55.6 cm³/mol. The van der Waals surface area contributed by atoms with Gasteiger partial charge in [0, 0.05) is 4.75 Å². The molecule has 2 heteroatoms. The summed E-state index contributed by atoms with van der Waals surface area (Å²) >= 11 is 1.98. The molecule has 1 N–H and O–H groups in total. The van der Waals surface area contributed by atoms with Gasteiger partial charge < -0.3 is 5.11 Å². The van der Waals surface area contributed by atoms with Crippen molar-refractivity contribution in [3.05, 3.63) is 0 Å². The van der Waals surface area contributed by atoms with Gasteiger partial charge in [-0.25, -0.2) is 0 Å². The first-order valence-electron chi connectivity index (χ1n) is 4.72. The summed E-state index contributed by atoms with van der Waals surface area (Å²) in [5.41, 5.74) is -0.408. The number of rotatable bonds is 1. The Labute approximate surface area is 79.9 Å². The van der Waals surface area contributed by atoms with Crippen molar-refractivity contribution in [3.63, 3.8) is 0 Å². The summed E-state index contributed by atoms with van der Waals surface area (Å²) in [5.74, 6) is 1.49. The van der Waals surface area contributed by atoms with E-state index >= 15 is 0 Å². The van der Waals surface area contributed by atoms with Gasteiger partial charge in [0.1, 0.15) is 0 Å². The number of hydrogen-bond acceptors (Lipinski definition) is 2. The second-order valence-corrected chi connectivity index (χ2v) is 6.60. The summed E-state index contributed by atoms with van der Waals surface area (Å²) in [6.45, 7) is 8.69. The fourth-order valence-electron chi connectivity index (χ4n) is 1.87. The van der Waals surface area contributed by atoms with Crippen LogP contribution in [0.5, 0.6) is 0 Å². The Morgan fingerprint density at radius 2 is 1.92 bits per heavy atom. The molecule has 1 nitrogen and oxygen atoms in total. The van der Waals surface area contributed by atoms with Crippen LogP contribution in [0.1, 0.15) is 40.5 Å². The van der Waals surface area contributed by atoms with E-state index in [1.54, 1.807) is 0 Å². The van der Waals surface area contributed by atoms with Gasteiger partial charge in [-0.15, -0.1) is 0 Å². The molecule has 0 aromatic heterocycles. The van der Waals surface area contributed by atoms with Crippen LogP contribution in [0.25, 0.3) is 0 Å². The predicted octanol–water partition coefficient (Wildman–Crippen LogP) is 2.68. The summed E-state index contributed by atoms with van der Waals surface area (Å²) in [7, 11) is 0. The zero-order valence-corrected chi connectivity index (χ0v) is 9.37. The minimum absolute atomic E-state index is 0.261. The molecule has 1 saturated heterocycles. The van der Waals surface area contributed by atoms with Crippen LogP contribution in [0.2, 0.25) is 0 Å². The highest BCUT2D eigenvalue weighted by atomic mass is 32.2. The van der Waals surface area contributed by atoms with Crippen molar-refractivity contribution in [1.82, 2.24) is 0 Å². The second-order valence-electron chi connectivity index (χ2n) is 4.79. The van der Waals surface area contributed by atoms with Gasteiger partial charge in [0.25, 0.3) is 0 Å². The third kappa shape index (κ3) is 2.17. The van der Waals surface area contributed by atoms with Gasteiger partial charge in [0.05, 0.1) is 5.60 Å². The largest absolute Gasteiger partial charge is 0.390 e. The average molecular weight is 188 g/mol. The molecule has 1 fully saturated rings. The molecule has 1 atom stereocenters. The fraction of sp³-hybridized carbons (Fsp3) is 1.00. The molecule has 12 heavy (non-hydrogen) atoms. The Balaban J connectivity index is 2.68. The van der Waals surface area contributed by atoms with Gasteiger partial charge in [-0.2, -0.15) is 11.8 Å². The van der Waals surface area contributed by atoms with E-state index in [9.17, 15) is 5.11 Å². The first kappa shape index (κ1) is 10.4. The molecule has 1 heterocycles. The van der Waals surface area contributed by atoms with Gasteiger partial charge in [0.15, 0.2) is 0 Å². The molecule has 72 valence electrons. The molecule has 0 spiro atoms. The van der Waals surface area contributed by atoms with Crippen LogP contribution in [0.4, 0.5) is 0 Å². The first-order chi connectivity index (χ1) is 5.36. The summed E-state index contributed by atoms with van der Waals surface area (Å²) in [4.78, 5) is 0. The Bertz CT molecular complexity index is 165. The van der Waals surface area contributed by atoms with E-state index in [1.807, 2.05) is 11.8 Å². The third-order valence-electron chi connectivity index (χ3n) is 2.83. The van der Waals surface area contributed by atoms with E-state index in [2.05, 4.69) is 27.7 Å². The van der Waals surface area contributed by atoms with Gasteiger partial charge in [-0.3, -0.25) is 0 Å². The van der Waals surface area contributed by atoms with E-state index in [0.717, 1.165) is 18.6 Å². The SMILES string of the molecule is CC(C)C1(O)CCSC(C)(C)C1. The molecule has 0 aromatic rings. The minimum atomic E-state index is -0.408. The van der Waals surface area contributed by atoms with E-state index < -0.39 is 5.60 Å². The standard InChI is InChI=1S/C10H20OS/c1-8(2)10(11)5-6-12-9(3,4)7-10/h8,11H,5-7H2,1-4H3. The van der Waals surface area contributed by atoms with E-state index in [-0.39, 0.29) is 4.75 Å². The van der Waals surface area contributed by atoms with Gasteiger partial charge in [-0.1, -0.05) is 27.7 Å². The topological polar surface area (TPSA) is 20.2 Å². The number of thioether (sulfide) groups is 1. The quantitative estimate of drug-likeness (QED) is 0.682. The zero-order valence-electron chi connectivity index (χ0n) is 8.55. The number of aliphatic hydroxyl groups is 1. The normalized spacial score (nSPS) is 35.5. The Hall–Kier alpha value is 0.310. The highest BCUT2D eigenvalue weighted by Crippen LogP contribution is 2.43. The lowest BCUT2D eigenvalue weighted by Gasteiger charge is -2.43. The maximum Gasteiger partial charge on any atom is 0.0691 e. The summed E-state index contributed by atoms with van der Waals surface area (Å²) < 4.78 is 0.261. The molecule has 0 bridgehead atoms. The molecule has 1 unspecified atom stereocenters.